The third kappa shape index (κ3) is 3.07. The molecule has 17 heavy (non-hydrogen) atoms. The predicted octanol–water partition coefficient (Wildman–Crippen LogP) is 1.96. The van der Waals surface area contributed by atoms with Crippen molar-refractivity contribution >= 4 is 0 Å². The summed E-state index contributed by atoms with van der Waals surface area (Å²) in [7, 11) is 0. The van der Waals surface area contributed by atoms with Gasteiger partial charge in [0, 0.05) is 18.4 Å². The van der Waals surface area contributed by atoms with Crippen molar-refractivity contribution in [2.75, 3.05) is 6.54 Å². The molecule has 4 heteroatoms. The molecule has 0 fully saturated rings. The maximum atomic E-state index is 4.49. The van der Waals surface area contributed by atoms with Gasteiger partial charge in [-0.1, -0.05) is 13.0 Å². The Morgan fingerprint density at radius 1 is 1.18 bits per heavy atom. The molecule has 0 unspecified atom stereocenters. The quantitative estimate of drug-likeness (QED) is 0.869. The molecule has 0 saturated carbocycles. The van der Waals surface area contributed by atoms with Gasteiger partial charge in [0.2, 0.25) is 0 Å². The molecule has 2 aromatic heterocycles. The fraction of sp³-hybridized carbons (Fsp3) is 0.308. The second-order valence-corrected chi connectivity index (χ2v) is 3.82. The van der Waals surface area contributed by atoms with Gasteiger partial charge >= 0.3 is 0 Å². The van der Waals surface area contributed by atoms with Crippen LogP contribution in [-0.4, -0.2) is 21.5 Å². The van der Waals surface area contributed by atoms with Gasteiger partial charge in [0.15, 0.2) is 5.82 Å². The summed E-state index contributed by atoms with van der Waals surface area (Å²) in [4.78, 5) is 13.2. The molecule has 0 aliphatic heterocycles. The highest BCUT2D eigenvalue weighted by molar-refractivity contribution is 5.48. The summed E-state index contributed by atoms with van der Waals surface area (Å²) in [6.45, 7) is 5.73. The zero-order valence-corrected chi connectivity index (χ0v) is 10.1. The summed E-state index contributed by atoms with van der Waals surface area (Å²) in [5.41, 5.74) is 2.78. The van der Waals surface area contributed by atoms with Crippen molar-refractivity contribution in [1.29, 1.82) is 0 Å². The zero-order valence-electron chi connectivity index (χ0n) is 10.1. The first-order valence-corrected chi connectivity index (χ1v) is 5.76. The van der Waals surface area contributed by atoms with E-state index in [1.165, 1.54) is 0 Å². The Bertz CT molecular complexity index is 496. The number of aromatic nitrogens is 3. The predicted molar refractivity (Wildman–Crippen MR) is 67.4 cm³/mol. The van der Waals surface area contributed by atoms with Gasteiger partial charge in [-0.2, -0.15) is 0 Å². The SMILES string of the molecule is CCNCc1ccnc(-c2cccc(C)n2)n1. The highest BCUT2D eigenvalue weighted by Crippen LogP contribution is 2.11. The number of nitrogens with one attached hydrogen (secondary N) is 1. The second-order valence-electron chi connectivity index (χ2n) is 3.82. The van der Waals surface area contributed by atoms with Crippen LogP contribution in [0.25, 0.3) is 11.5 Å². The summed E-state index contributed by atoms with van der Waals surface area (Å²) >= 11 is 0. The lowest BCUT2D eigenvalue weighted by Crippen LogP contribution is -2.13. The third-order valence-electron chi connectivity index (χ3n) is 2.39. The van der Waals surface area contributed by atoms with E-state index >= 15 is 0 Å². The second kappa shape index (κ2) is 5.50. The molecule has 0 aromatic carbocycles. The van der Waals surface area contributed by atoms with Crippen LogP contribution in [0.5, 0.6) is 0 Å². The molecule has 2 rings (SSSR count). The molecule has 4 nitrogen and oxygen atoms in total. The van der Waals surface area contributed by atoms with Gasteiger partial charge in [0.1, 0.15) is 5.69 Å². The van der Waals surface area contributed by atoms with Crippen molar-refractivity contribution in [3.05, 3.63) is 41.9 Å². The Morgan fingerprint density at radius 2 is 2.06 bits per heavy atom. The van der Waals surface area contributed by atoms with Crippen molar-refractivity contribution in [3.63, 3.8) is 0 Å². The van der Waals surface area contributed by atoms with Crippen molar-refractivity contribution in [2.24, 2.45) is 0 Å². The number of nitrogens with zero attached hydrogens (tertiary/aromatic N) is 3. The largest absolute Gasteiger partial charge is 0.311 e. The molecule has 0 atom stereocenters. The van der Waals surface area contributed by atoms with Gasteiger partial charge in [-0.05, 0) is 31.7 Å². The van der Waals surface area contributed by atoms with Gasteiger partial charge in [-0.3, -0.25) is 0 Å². The van der Waals surface area contributed by atoms with Crippen LogP contribution in [0.15, 0.2) is 30.5 Å². The van der Waals surface area contributed by atoms with Gasteiger partial charge < -0.3 is 5.32 Å². The van der Waals surface area contributed by atoms with Crippen LogP contribution < -0.4 is 5.32 Å². The van der Waals surface area contributed by atoms with Crippen LogP contribution in [0.2, 0.25) is 0 Å². The minimum atomic E-state index is 0.684. The highest BCUT2D eigenvalue weighted by Gasteiger charge is 2.03. The molecule has 0 spiro atoms. The van der Waals surface area contributed by atoms with E-state index in [9.17, 15) is 0 Å². The van der Waals surface area contributed by atoms with Crippen LogP contribution in [0, 0.1) is 6.92 Å². The monoisotopic (exact) mass is 228 g/mol. The Balaban J connectivity index is 2.26. The van der Waals surface area contributed by atoms with Gasteiger partial charge in [-0.15, -0.1) is 0 Å². The molecule has 0 aliphatic carbocycles. The van der Waals surface area contributed by atoms with Gasteiger partial charge in [-0.25, -0.2) is 15.0 Å². The first-order chi connectivity index (χ1) is 8.29. The molecular weight excluding hydrogens is 212 g/mol. The number of hydrogen-bond donors (Lipinski definition) is 1. The first kappa shape index (κ1) is 11.7. The highest BCUT2D eigenvalue weighted by atomic mass is 14.9. The van der Waals surface area contributed by atoms with Gasteiger partial charge in [0.05, 0.1) is 5.69 Å². The van der Waals surface area contributed by atoms with Crippen molar-refractivity contribution < 1.29 is 0 Å². The fourth-order valence-corrected chi connectivity index (χ4v) is 1.54. The molecule has 2 aromatic rings. The minimum absolute atomic E-state index is 0.684. The molecule has 88 valence electrons. The summed E-state index contributed by atoms with van der Waals surface area (Å²) in [6, 6.07) is 7.78. The average Bonchev–Trinajstić information content (AvgIpc) is 2.37. The first-order valence-electron chi connectivity index (χ1n) is 5.76. The smallest absolute Gasteiger partial charge is 0.178 e. The van der Waals surface area contributed by atoms with Crippen LogP contribution >= 0.6 is 0 Å². The minimum Gasteiger partial charge on any atom is -0.311 e. The molecule has 2 heterocycles. The lowest BCUT2D eigenvalue weighted by atomic mass is 10.3. The lowest BCUT2D eigenvalue weighted by molar-refractivity contribution is 0.709. The maximum Gasteiger partial charge on any atom is 0.178 e. The zero-order chi connectivity index (χ0) is 12.1. The van der Waals surface area contributed by atoms with Crippen LogP contribution in [0.3, 0.4) is 0 Å². The van der Waals surface area contributed by atoms with E-state index in [2.05, 4.69) is 27.2 Å². The maximum absolute atomic E-state index is 4.49. The number of pyridine rings is 1. The number of aryl methyl sites for hydroxylation is 1. The van der Waals surface area contributed by atoms with E-state index in [0.29, 0.717) is 5.82 Å². The Morgan fingerprint density at radius 3 is 2.82 bits per heavy atom. The summed E-state index contributed by atoms with van der Waals surface area (Å²) < 4.78 is 0. The van der Waals surface area contributed by atoms with E-state index in [1.54, 1.807) is 6.20 Å². The van der Waals surface area contributed by atoms with E-state index in [-0.39, 0.29) is 0 Å². The van der Waals surface area contributed by atoms with Crippen molar-refractivity contribution in [3.8, 4) is 11.5 Å². The summed E-state index contributed by atoms with van der Waals surface area (Å²) in [5.74, 6) is 0.684. The molecular formula is C13H16N4. The summed E-state index contributed by atoms with van der Waals surface area (Å²) in [6.07, 6.45) is 1.78. The Kier molecular flexibility index (Phi) is 3.77. The Hall–Kier alpha value is -1.81. The summed E-state index contributed by atoms with van der Waals surface area (Å²) in [5, 5.41) is 3.24. The van der Waals surface area contributed by atoms with Gasteiger partial charge in [0.25, 0.3) is 0 Å². The van der Waals surface area contributed by atoms with Crippen LogP contribution in [0.1, 0.15) is 18.3 Å². The normalized spacial score (nSPS) is 10.5. The van der Waals surface area contributed by atoms with E-state index < -0.39 is 0 Å². The van der Waals surface area contributed by atoms with Crippen molar-refractivity contribution in [1.82, 2.24) is 20.3 Å². The van der Waals surface area contributed by atoms with Crippen molar-refractivity contribution in [2.45, 2.75) is 20.4 Å². The van der Waals surface area contributed by atoms with E-state index in [0.717, 1.165) is 30.2 Å². The molecule has 0 aliphatic rings. The van der Waals surface area contributed by atoms with E-state index in [1.807, 2.05) is 31.2 Å². The molecule has 0 saturated heterocycles. The average molecular weight is 228 g/mol. The standard InChI is InChI=1S/C13H16N4/c1-3-14-9-11-7-8-15-13(17-11)12-6-4-5-10(2)16-12/h4-8,14H,3,9H2,1-2H3. The molecule has 0 radical (unpaired) electrons. The molecule has 0 amide bonds. The van der Waals surface area contributed by atoms with E-state index in [4.69, 9.17) is 0 Å². The fourth-order valence-electron chi connectivity index (χ4n) is 1.54. The molecule has 0 bridgehead atoms. The molecule has 1 N–H and O–H groups in total. The van der Waals surface area contributed by atoms with Crippen LogP contribution in [0.4, 0.5) is 0 Å². The van der Waals surface area contributed by atoms with Crippen LogP contribution in [-0.2, 0) is 6.54 Å². The Labute approximate surface area is 101 Å². The number of rotatable bonds is 4. The lowest BCUT2D eigenvalue weighted by Gasteiger charge is -2.04. The topological polar surface area (TPSA) is 50.7 Å². The third-order valence-corrected chi connectivity index (χ3v) is 2.39. The number of hydrogen-bond acceptors (Lipinski definition) is 4.